The van der Waals surface area contributed by atoms with Gasteiger partial charge in [-0.3, -0.25) is 14.9 Å². The molecule has 1 aliphatic rings. The van der Waals surface area contributed by atoms with E-state index in [4.69, 9.17) is 0 Å². The van der Waals surface area contributed by atoms with Gasteiger partial charge in [-0.1, -0.05) is 24.3 Å². The minimum Gasteiger partial charge on any atom is -0.346 e. The second-order valence-corrected chi connectivity index (χ2v) is 6.69. The first kappa shape index (κ1) is 17.1. The molecule has 0 saturated carbocycles. The Bertz CT molecular complexity index is 830. The van der Waals surface area contributed by atoms with Crippen molar-refractivity contribution in [2.45, 2.75) is 45.6 Å². The molecule has 1 unspecified atom stereocenters. The Morgan fingerprint density at radius 2 is 1.84 bits per heavy atom. The van der Waals surface area contributed by atoms with Crippen molar-refractivity contribution >= 4 is 11.6 Å². The van der Waals surface area contributed by atoms with E-state index in [1.165, 1.54) is 30.0 Å². The van der Waals surface area contributed by atoms with Crippen molar-refractivity contribution in [3.8, 4) is 0 Å². The fourth-order valence-corrected chi connectivity index (χ4v) is 3.33. The molecule has 1 amide bonds. The lowest BCUT2D eigenvalue weighted by Gasteiger charge is -2.20. The van der Waals surface area contributed by atoms with Gasteiger partial charge in [-0.15, -0.1) is 0 Å². The van der Waals surface area contributed by atoms with Crippen LogP contribution in [0.15, 0.2) is 36.4 Å². The number of amides is 1. The zero-order valence-corrected chi connectivity index (χ0v) is 14.5. The number of nitrogens with one attached hydrogen (secondary N) is 1. The maximum absolute atomic E-state index is 12.5. The van der Waals surface area contributed by atoms with Crippen LogP contribution in [-0.4, -0.2) is 10.8 Å². The predicted octanol–water partition coefficient (Wildman–Crippen LogP) is 4.27. The lowest BCUT2D eigenvalue weighted by atomic mass is 9.89. The minimum atomic E-state index is -0.459. The number of benzene rings is 2. The van der Waals surface area contributed by atoms with Gasteiger partial charge in [-0.2, -0.15) is 0 Å². The third kappa shape index (κ3) is 3.71. The Hall–Kier alpha value is -2.69. The molecule has 0 saturated heterocycles. The summed E-state index contributed by atoms with van der Waals surface area (Å²) in [6.07, 6.45) is 4.67. The second kappa shape index (κ2) is 7.05. The van der Waals surface area contributed by atoms with Crippen molar-refractivity contribution in [3.63, 3.8) is 0 Å². The lowest BCUT2D eigenvalue weighted by Crippen LogP contribution is -2.27. The molecule has 0 spiro atoms. The molecule has 3 rings (SSSR count). The van der Waals surface area contributed by atoms with Gasteiger partial charge in [0.05, 0.1) is 11.0 Å². The molecule has 25 heavy (non-hydrogen) atoms. The average molecular weight is 338 g/mol. The van der Waals surface area contributed by atoms with E-state index < -0.39 is 4.92 Å². The summed E-state index contributed by atoms with van der Waals surface area (Å²) in [5, 5.41) is 14.0. The summed E-state index contributed by atoms with van der Waals surface area (Å²) in [5.74, 6) is -0.298. The highest BCUT2D eigenvalue weighted by Crippen LogP contribution is 2.25. The van der Waals surface area contributed by atoms with Crippen LogP contribution in [0.25, 0.3) is 0 Å². The number of nitro groups is 1. The molecular formula is C20H22N2O3. The number of aryl methyl sites for hydroxylation is 3. The Labute approximate surface area is 147 Å². The van der Waals surface area contributed by atoms with Crippen LogP contribution < -0.4 is 5.32 Å². The average Bonchev–Trinajstić information content (AvgIpc) is 2.61. The third-order valence-electron chi connectivity index (χ3n) is 4.89. The van der Waals surface area contributed by atoms with Crippen LogP contribution >= 0.6 is 0 Å². The number of rotatable bonds is 4. The fraction of sp³-hybridized carbons (Fsp3) is 0.350. The normalized spacial score (nSPS) is 14.5. The summed E-state index contributed by atoms with van der Waals surface area (Å²) in [4.78, 5) is 23.1. The molecule has 0 bridgehead atoms. The number of carbonyl (C=O) groups excluding carboxylic acids is 1. The highest BCUT2D eigenvalue weighted by molar-refractivity contribution is 5.95. The van der Waals surface area contributed by atoms with Crippen LogP contribution in [0, 0.1) is 17.0 Å². The van der Waals surface area contributed by atoms with Crippen LogP contribution in [0.2, 0.25) is 0 Å². The number of nitrogens with zero attached hydrogens (tertiary/aromatic N) is 1. The Kier molecular flexibility index (Phi) is 4.83. The van der Waals surface area contributed by atoms with E-state index in [0.29, 0.717) is 11.1 Å². The molecule has 0 heterocycles. The van der Waals surface area contributed by atoms with Gasteiger partial charge in [-0.25, -0.2) is 0 Å². The van der Waals surface area contributed by atoms with Crippen LogP contribution in [0.1, 0.15) is 58.4 Å². The maximum atomic E-state index is 12.5. The fourth-order valence-electron chi connectivity index (χ4n) is 3.33. The van der Waals surface area contributed by atoms with Gasteiger partial charge in [0, 0.05) is 17.2 Å². The van der Waals surface area contributed by atoms with E-state index in [9.17, 15) is 14.9 Å². The summed E-state index contributed by atoms with van der Waals surface area (Å²) in [5.41, 5.74) is 4.66. The van der Waals surface area contributed by atoms with Crippen molar-refractivity contribution in [1.82, 2.24) is 5.32 Å². The smallest absolute Gasteiger partial charge is 0.273 e. The zero-order chi connectivity index (χ0) is 18.0. The Morgan fingerprint density at radius 3 is 2.56 bits per heavy atom. The zero-order valence-electron chi connectivity index (χ0n) is 14.5. The highest BCUT2D eigenvalue weighted by Gasteiger charge is 2.18. The summed E-state index contributed by atoms with van der Waals surface area (Å²) < 4.78 is 0. The third-order valence-corrected chi connectivity index (χ3v) is 4.89. The largest absolute Gasteiger partial charge is 0.346 e. The molecule has 0 radical (unpaired) electrons. The van der Waals surface area contributed by atoms with E-state index in [1.54, 1.807) is 19.1 Å². The number of hydrogen-bond donors (Lipinski definition) is 1. The summed E-state index contributed by atoms with van der Waals surface area (Å²) in [6, 6.07) is 10.8. The number of fused-ring (bicyclic) bond motifs is 1. The summed E-state index contributed by atoms with van der Waals surface area (Å²) in [7, 11) is 0. The van der Waals surface area contributed by atoms with Crippen LogP contribution in [0.4, 0.5) is 5.69 Å². The molecule has 2 aromatic carbocycles. The first-order valence-electron chi connectivity index (χ1n) is 8.63. The van der Waals surface area contributed by atoms with Gasteiger partial charge in [0.1, 0.15) is 0 Å². The maximum Gasteiger partial charge on any atom is 0.273 e. The Balaban J connectivity index is 1.76. The molecule has 2 aromatic rings. The number of hydrogen-bond acceptors (Lipinski definition) is 3. The van der Waals surface area contributed by atoms with Crippen LogP contribution in [0.3, 0.4) is 0 Å². The highest BCUT2D eigenvalue weighted by atomic mass is 16.6. The molecule has 5 heteroatoms. The predicted molar refractivity (Wildman–Crippen MR) is 96.8 cm³/mol. The van der Waals surface area contributed by atoms with Crippen molar-refractivity contribution in [3.05, 3.63) is 74.3 Å². The van der Waals surface area contributed by atoms with Crippen molar-refractivity contribution < 1.29 is 9.72 Å². The molecular weight excluding hydrogens is 316 g/mol. The Morgan fingerprint density at radius 1 is 1.12 bits per heavy atom. The van der Waals surface area contributed by atoms with E-state index in [0.717, 1.165) is 18.4 Å². The van der Waals surface area contributed by atoms with Crippen molar-refractivity contribution in [2.24, 2.45) is 0 Å². The van der Waals surface area contributed by atoms with Crippen LogP contribution in [0.5, 0.6) is 0 Å². The topological polar surface area (TPSA) is 72.2 Å². The van der Waals surface area contributed by atoms with E-state index in [-0.39, 0.29) is 17.6 Å². The number of carbonyl (C=O) groups is 1. The van der Waals surface area contributed by atoms with Gasteiger partial charge in [-0.05, 0) is 62.3 Å². The van der Waals surface area contributed by atoms with Gasteiger partial charge in [0.25, 0.3) is 11.6 Å². The molecule has 1 atom stereocenters. The summed E-state index contributed by atoms with van der Waals surface area (Å²) in [6.45, 7) is 3.60. The lowest BCUT2D eigenvalue weighted by molar-refractivity contribution is -0.385. The van der Waals surface area contributed by atoms with E-state index in [2.05, 4.69) is 23.5 Å². The van der Waals surface area contributed by atoms with Crippen LogP contribution in [-0.2, 0) is 12.8 Å². The first-order valence-corrected chi connectivity index (χ1v) is 8.63. The van der Waals surface area contributed by atoms with Gasteiger partial charge in [0.2, 0.25) is 0 Å². The first-order chi connectivity index (χ1) is 12.0. The molecule has 130 valence electrons. The van der Waals surface area contributed by atoms with E-state index in [1.807, 2.05) is 6.92 Å². The van der Waals surface area contributed by atoms with E-state index >= 15 is 0 Å². The molecule has 0 aliphatic heterocycles. The van der Waals surface area contributed by atoms with Crippen molar-refractivity contribution in [2.75, 3.05) is 0 Å². The standard InChI is InChI=1S/C20H22N2O3/c1-13-7-8-18(12-19(13)22(24)25)20(23)21-14(2)16-10-9-15-5-3-4-6-17(15)11-16/h7-12,14H,3-6H2,1-2H3,(H,21,23). The molecule has 0 fully saturated rings. The van der Waals surface area contributed by atoms with Gasteiger partial charge in [0.15, 0.2) is 0 Å². The molecule has 5 nitrogen and oxygen atoms in total. The number of nitro benzene ring substituents is 1. The molecule has 0 aromatic heterocycles. The van der Waals surface area contributed by atoms with Gasteiger partial charge >= 0.3 is 0 Å². The summed E-state index contributed by atoms with van der Waals surface area (Å²) >= 11 is 0. The minimum absolute atomic E-state index is 0.0333. The van der Waals surface area contributed by atoms with Crippen molar-refractivity contribution in [1.29, 1.82) is 0 Å². The molecule has 1 aliphatic carbocycles. The SMILES string of the molecule is Cc1ccc(C(=O)NC(C)c2ccc3c(c2)CCCC3)cc1[N+](=O)[O-]. The monoisotopic (exact) mass is 338 g/mol. The molecule has 1 N–H and O–H groups in total. The van der Waals surface area contributed by atoms with Gasteiger partial charge < -0.3 is 5.32 Å². The second-order valence-electron chi connectivity index (χ2n) is 6.69. The quantitative estimate of drug-likeness (QED) is 0.668.